The minimum absolute atomic E-state index is 0.310. The van der Waals surface area contributed by atoms with Crippen LogP contribution in [0.15, 0.2) is 24.3 Å². The van der Waals surface area contributed by atoms with Crippen LogP contribution in [-0.4, -0.2) is 46.4 Å². The van der Waals surface area contributed by atoms with E-state index >= 15 is 0 Å². The molecule has 2 aromatic rings. The van der Waals surface area contributed by atoms with Gasteiger partial charge in [-0.25, -0.2) is 0 Å². The first kappa shape index (κ1) is 14.2. The van der Waals surface area contributed by atoms with E-state index in [0.29, 0.717) is 0 Å². The molecule has 2 atom stereocenters. The molecule has 0 unspecified atom stereocenters. The van der Waals surface area contributed by atoms with Crippen molar-refractivity contribution in [1.29, 1.82) is 0 Å². The van der Waals surface area contributed by atoms with E-state index in [1.807, 2.05) is 0 Å². The minimum atomic E-state index is -0.321. The number of fused-ring (bicyclic) bond motifs is 1. The van der Waals surface area contributed by atoms with Crippen LogP contribution in [0.5, 0.6) is 0 Å². The van der Waals surface area contributed by atoms with Crippen LogP contribution in [-0.2, 0) is 11.3 Å². The second kappa shape index (κ2) is 5.37. The molecule has 0 amide bonds. The predicted molar refractivity (Wildman–Crippen MR) is 86.9 cm³/mol. The maximum Gasteiger partial charge on any atom is 0.107 e. The van der Waals surface area contributed by atoms with E-state index in [1.165, 1.54) is 22.2 Å². The smallest absolute Gasteiger partial charge is 0.107 e. The average Bonchev–Trinajstić information content (AvgIpc) is 3.10. The highest BCUT2D eigenvalue weighted by Gasteiger charge is 2.46. The molecule has 2 fully saturated rings. The number of rotatable bonds is 2. The number of nitrogens with one attached hydrogen (secondary N) is 1. The highest BCUT2D eigenvalue weighted by Crippen LogP contribution is 2.36. The Morgan fingerprint density at radius 1 is 1.41 bits per heavy atom. The van der Waals surface area contributed by atoms with Gasteiger partial charge < -0.3 is 14.8 Å². The van der Waals surface area contributed by atoms with Crippen molar-refractivity contribution in [1.82, 2.24) is 9.88 Å². The van der Waals surface area contributed by atoms with Gasteiger partial charge in [-0.1, -0.05) is 18.2 Å². The van der Waals surface area contributed by atoms with Crippen molar-refractivity contribution in [2.75, 3.05) is 19.7 Å². The summed E-state index contributed by atoms with van der Waals surface area (Å²) in [5.41, 5.74) is 3.51. The Bertz CT molecular complexity index is 673. The van der Waals surface area contributed by atoms with Crippen LogP contribution < -0.4 is 0 Å². The highest BCUT2D eigenvalue weighted by molar-refractivity contribution is 5.84. The lowest BCUT2D eigenvalue weighted by Gasteiger charge is -2.43. The number of aromatic amines is 1. The summed E-state index contributed by atoms with van der Waals surface area (Å²) in [7, 11) is 0. The van der Waals surface area contributed by atoms with Gasteiger partial charge in [0.25, 0.3) is 0 Å². The molecule has 2 aliphatic rings. The lowest BCUT2D eigenvalue weighted by molar-refractivity contribution is -0.132. The van der Waals surface area contributed by atoms with Gasteiger partial charge in [0.2, 0.25) is 0 Å². The second-order valence-corrected chi connectivity index (χ2v) is 6.81. The molecule has 0 bridgehead atoms. The molecular formula is C18H24N2O2. The van der Waals surface area contributed by atoms with Crippen molar-refractivity contribution < 1.29 is 9.84 Å². The first-order chi connectivity index (χ1) is 10.7. The second-order valence-electron chi connectivity index (χ2n) is 6.81. The van der Waals surface area contributed by atoms with Gasteiger partial charge in [0.15, 0.2) is 0 Å². The Kier molecular flexibility index (Phi) is 3.48. The van der Waals surface area contributed by atoms with Gasteiger partial charge in [-0.15, -0.1) is 0 Å². The van der Waals surface area contributed by atoms with Crippen LogP contribution in [0.2, 0.25) is 0 Å². The third-order valence-electron chi connectivity index (χ3n) is 5.36. The Hall–Kier alpha value is -1.36. The predicted octanol–water partition coefficient (Wildman–Crippen LogP) is 2.59. The average molecular weight is 300 g/mol. The molecule has 2 saturated heterocycles. The third-order valence-corrected chi connectivity index (χ3v) is 5.36. The van der Waals surface area contributed by atoms with Crippen LogP contribution >= 0.6 is 0 Å². The number of nitrogens with zero attached hydrogens (tertiary/aromatic N) is 1. The van der Waals surface area contributed by atoms with Crippen molar-refractivity contribution in [3.8, 4) is 0 Å². The van der Waals surface area contributed by atoms with Crippen LogP contribution in [0.25, 0.3) is 10.9 Å². The van der Waals surface area contributed by atoms with Gasteiger partial charge in [0.05, 0.1) is 6.10 Å². The van der Waals surface area contributed by atoms with E-state index in [4.69, 9.17) is 4.74 Å². The molecule has 118 valence electrons. The molecule has 2 aliphatic heterocycles. The third kappa shape index (κ3) is 2.26. The summed E-state index contributed by atoms with van der Waals surface area (Å²) in [6, 6.07) is 8.49. The molecule has 0 aliphatic carbocycles. The molecule has 4 rings (SSSR count). The van der Waals surface area contributed by atoms with E-state index in [2.05, 4.69) is 41.1 Å². The Morgan fingerprint density at radius 3 is 3.09 bits per heavy atom. The van der Waals surface area contributed by atoms with E-state index in [1.54, 1.807) is 0 Å². The molecule has 1 aromatic heterocycles. The Morgan fingerprint density at radius 2 is 2.27 bits per heavy atom. The molecule has 0 saturated carbocycles. The Labute approximate surface area is 131 Å². The van der Waals surface area contributed by atoms with Crippen LogP contribution in [0.3, 0.4) is 0 Å². The summed E-state index contributed by atoms with van der Waals surface area (Å²) in [5.74, 6) is 0. The zero-order valence-electron chi connectivity index (χ0n) is 13.1. The van der Waals surface area contributed by atoms with Gasteiger partial charge in [0, 0.05) is 42.8 Å². The fraction of sp³-hybridized carbons (Fsp3) is 0.556. The summed E-state index contributed by atoms with van der Waals surface area (Å²) >= 11 is 0. The van der Waals surface area contributed by atoms with Crippen molar-refractivity contribution in [3.05, 3.63) is 35.5 Å². The van der Waals surface area contributed by atoms with E-state index in [9.17, 15) is 5.11 Å². The fourth-order valence-corrected chi connectivity index (χ4v) is 4.13. The van der Waals surface area contributed by atoms with Gasteiger partial charge >= 0.3 is 0 Å². The summed E-state index contributed by atoms with van der Waals surface area (Å²) in [6.45, 7) is 5.64. The van der Waals surface area contributed by atoms with Crippen LogP contribution in [0.4, 0.5) is 0 Å². The number of aryl methyl sites for hydroxylation is 1. The largest absolute Gasteiger partial charge is 0.390 e. The lowest BCUT2D eigenvalue weighted by Crippen LogP contribution is -2.56. The summed E-state index contributed by atoms with van der Waals surface area (Å²) < 4.78 is 5.96. The molecule has 1 spiro atoms. The number of ether oxygens (including phenoxy) is 1. The number of likely N-dealkylation sites (tertiary alicyclic amines) is 1. The van der Waals surface area contributed by atoms with Gasteiger partial charge in [0.1, 0.15) is 5.60 Å². The van der Waals surface area contributed by atoms with Crippen molar-refractivity contribution in [2.24, 2.45) is 0 Å². The molecule has 4 heteroatoms. The molecular weight excluding hydrogens is 276 g/mol. The number of aliphatic hydroxyl groups is 1. The zero-order valence-corrected chi connectivity index (χ0v) is 13.1. The lowest BCUT2D eigenvalue weighted by atomic mass is 9.87. The number of aromatic nitrogens is 1. The number of H-pyrrole nitrogens is 1. The van der Waals surface area contributed by atoms with Gasteiger partial charge in [-0.05, 0) is 37.8 Å². The summed E-state index contributed by atoms with van der Waals surface area (Å²) in [6.07, 6.45) is 2.55. The number of hydrogen-bond donors (Lipinski definition) is 2. The normalized spacial score (nSPS) is 29.6. The molecule has 3 heterocycles. The van der Waals surface area contributed by atoms with Crippen molar-refractivity contribution in [3.63, 3.8) is 0 Å². The molecule has 0 radical (unpaired) electrons. The topological polar surface area (TPSA) is 48.5 Å². The van der Waals surface area contributed by atoms with Crippen LogP contribution in [0, 0.1) is 6.92 Å². The fourth-order valence-electron chi connectivity index (χ4n) is 4.13. The summed E-state index contributed by atoms with van der Waals surface area (Å²) in [5, 5.41) is 11.7. The first-order valence-corrected chi connectivity index (χ1v) is 8.28. The van der Waals surface area contributed by atoms with Crippen molar-refractivity contribution >= 4 is 10.9 Å². The number of aliphatic hydroxyl groups excluding tert-OH is 1. The van der Waals surface area contributed by atoms with E-state index < -0.39 is 0 Å². The standard InChI is InChI=1S/C18H24N2O2/c1-13-15(14-5-2-3-6-16(14)19-13)11-20-9-7-17(21)18(12-20)8-4-10-22-18/h2-3,5-6,17,19,21H,4,7-12H2,1H3/t17-,18-/m0/s1. The maximum absolute atomic E-state index is 10.4. The Balaban J connectivity index is 1.59. The number of para-hydroxylation sites is 1. The molecule has 2 N–H and O–H groups in total. The first-order valence-electron chi connectivity index (χ1n) is 8.28. The minimum Gasteiger partial charge on any atom is -0.390 e. The zero-order chi connectivity index (χ0) is 15.2. The quantitative estimate of drug-likeness (QED) is 0.896. The molecule has 1 aromatic carbocycles. The maximum atomic E-state index is 10.4. The monoisotopic (exact) mass is 300 g/mol. The summed E-state index contributed by atoms with van der Waals surface area (Å²) in [4.78, 5) is 5.92. The van der Waals surface area contributed by atoms with E-state index in [-0.39, 0.29) is 11.7 Å². The number of benzene rings is 1. The van der Waals surface area contributed by atoms with Gasteiger partial charge in [-0.2, -0.15) is 0 Å². The van der Waals surface area contributed by atoms with Crippen LogP contribution in [0.1, 0.15) is 30.5 Å². The SMILES string of the molecule is Cc1[nH]c2ccccc2c1CN1CC[C@H](O)[C@]2(CCCO2)C1. The molecule has 22 heavy (non-hydrogen) atoms. The van der Waals surface area contributed by atoms with Crippen molar-refractivity contribution in [2.45, 2.75) is 44.4 Å². The number of hydrogen-bond acceptors (Lipinski definition) is 3. The number of piperidine rings is 1. The highest BCUT2D eigenvalue weighted by atomic mass is 16.5. The van der Waals surface area contributed by atoms with E-state index in [0.717, 1.165) is 45.5 Å². The van der Waals surface area contributed by atoms with Gasteiger partial charge in [-0.3, -0.25) is 4.90 Å². The molecule has 4 nitrogen and oxygen atoms in total.